The highest BCUT2D eigenvalue weighted by Crippen LogP contribution is 2.27. The maximum absolute atomic E-state index is 12.0. The fraction of sp³-hybridized carbons (Fsp3) is 0.647. The first kappa shape index (κ1) is 17.5. The van der Waals surface area contributed by atoms with Crippen molar-refractivity contribution in [3.63, 3.8) is 0 Å². The molecule has 8 nitrogen and oxygen atoms in total. The third-order valence-electron chi connectivity index (χ3n) is 5.05. The molecule has 0 radical (unpaired) electrons. The highest BCUT2D eigenvalue weighted by molar-refractivity contribution is 7.98. The molecule has 2 aliphatic rings. The summed E-state index contributed by atoms with van der Waals surface area (Å²) in [4.78, 5) is 23.6. The lowest BCUT2D eigenvalue weighted by Gasteiger charge is -2.28. The van der Waals surface area contributed by atoms with Gasteiger partial charge in [0.05, 0.1) is 31.3 Å². The van der Waals surface area contributed by atoms with Gasteiger partial charge in [0, 0.05) is 25.6 Å². The van der Waals surface area contributed by atoms with Crippen molar-refractivity contribution in [2.75, 3.05) is 44.0 Å². The molecule has 1 saturated heterocycles. The van der Waals surface area contributed by atoms with E-state index in [-0.39, 0.29) is 11.8 Å². The molecule has 0 atom stereocenters. The molecule has 0 bridgehead atoms. The van der Waals surface area contributed by atoms with Gasteiger partial charge in [-0.05, 0) is 19.1 Å². The van der Waals surface area contributed by atoms with Crippen molar-refractivity contribution in [1.29, 1.82) is 0 Å². The minimum atomic E-state index is 0.168. The van der Waals surface area contributed by atoms with Gasteiger partial charge in [-0.2, -0.15) is 5.10 Å². The van der Waals surface area contributed by atoms with Gasteiger partial charge < -0.3 is 15.0 Å². The topological polar surface area (TPSA) is 85.2 Å². The minimum absolute atomic E-state index is 0.168. The highest BCUT2D eigenvalue weighted by atomic mass is 32.2. The quantitative estimate of drug-likeness (QED) is 0.601. The van der Waals surface area contributed by atoms with E-state index in [0.29, 0.717) is 26.3 Å². The maximum atomic E-state index is 12.0. The Morgan fingerprint density at radius 2 is 2.15 bits per heavy atom. The molecule has 1 amide bonds. The number of rotatable bonds is 6. The van der Waals surface area contributed by atoms with Crippen molar-refractivity contribution >= 4 is 34.5 Å². The van der Waals surface area contributed by atoms with Crippen LogP contribution < -0.4 is 10.2 Å². The molecule has 2 aromatic rings. The number of fused-ring (bicyclic) bond motifs is 1. The molecular formula is C17H24N6O2S. The first-order valence-corrected chi connectivity index (χ1v) is 10.4. The summed E-state index contributed by atoms with van der Waals surface area (Å²) in [7, 11) is 0. The number of carbonyl (C=O) groups is 1. The average molecular weight is 376 g/mol. The number of anilines is 1. The van der Waals surface area contributed by atoms with Gasteiger partial charge in [-0.15, -0.1) is 0 Å². The van der Waals surface area contributed by atoms with Crippen LogP contribution in [0, 0.1) is 5.92 Å². The fourth-order valence-corrected chi connectivity index (χ4v) is 3.65. The molecule has 1 N–H and O–H groups in total. The second-order valence-corrected chi connectivity index (χ2v) is 7.43. The molecule has 3 heterocycles. The number of nitrogens with zero attached hydrogens (tertiary/aromatic N) is 5. The predicted octanol–water partition coefficient (Wildman–Crippen LogP) is 1.30. The van der Waals surface area contributed by atoms with Crippen LogP contribution in [0.4, 0.5) is 5.82 Å². The number of aromatic nitrogens is 4. The molecule has 9 heteroatoms. The number of thioether (sulfide) groups is 1. The molecule has 1 aliphatic heterocycles. The summed E-state index contributed by atoms with van der Waals surface area (Å²) >= 11 is 1.53. The highest BCUT2D eigenvalue weighted by Gasteiger charge is 2.25. The van der Waals surface area contributed by atoms with E-state index in [4.69, 9.17) is 9.72 Å². The molecule has 2 fully saturated rings. The number of morpholine rings is 1. The summed E-state index contributed by atoms with van der Waals surface area (Å²) in [6.07, 6.45) is 7.01. The van der Waals surface area contributed by atoms with Gasteiger partial charge in [-0.25, -0.2) is 14.6 Å². The molecule has 140 valence electrons. The fourth-order valence-electron chi connectivity index (χ4n) is 3.29. The Morgan fingerprint density at radius 1 is 1.35 bits per heavy atom. The Kier molecular flexibility index (Phi) is 5.26. The van der Waals surface area contributed by atoms with Crippen LogP contribution >= 0.6 is 11.8 Å². The molecule has 0 unspecified atom stereocenters. The lowest BCUT2D eigenvalue weighted by Crippen LogP contribution is -2.37. The summed E-state index contributed by atoms with van der Waals surface area (Å²) in [6.45, 7) is 4.24. The average Bonchev–Trinajstić information content (AvgIpc) is 3.03. The van der Waals surface area contributed by atoms with Gasteiger partial charge in [0.15, 0.2) is 10.8 Å². The van der Waals surface area contributed by atoms with E-state index in [9.17, 15) is 4.79 Å². The zero-order valence-electron chi connectivity index (χ0n) is 15.0. The van der Waals surface area contributed by atoms with E-state index in [0.717, 1.165) is 47.9 Å². The van der Waals surface area contributed by atoms with E-state index in [1.54, 1.807) is 0 Å². The van der Waals surface area contributed by atoms with Crippen molar-refractivity contribution in [2.24, 2.45) is 5.92 Å². The lowest BCUT2D eigenvalue weighted by atomic mass is 9.85. The van der Waals surface area contributed by atoms with Crippen LogP contribution in [-0.2, 0) is 16.1 Å². The summed E-state index contributed by atoms with van der Waals surface area (Å²) in [5.74, 6) is 1.30. The molecular weight excluding hydrogens is 352 g/mol. The number of carbonyl (C=O) groups excluding carboxylic acids is 1. The Balaban J connectivity index is 1.52. The standard InChI is InChI=1S/C17H24N6O2S/c1-26-17-20-14(22-7-9-25-10-8-22)13-11-19-23(15(13)21-17)6-5-18-16(24)12-3-2-4-12/h11-12H,2-10H2,1H3,(H,18,24). The molecule has 4 rings (SSSR count). The van der Waals surface area contributed by atoms with Gasteiger partial charge >= 0.3 is 0 Å². The number of ether oxygens (including phenoxy) is 1. The second kappa shape index (κ2) is 7.79. The van der Waals surface area contributed by atoms with E-state index in [2.05, 4.69) is 20.3 Å². The normalized spacial score (nSPS) is 18.1. The van der Waals surface area contributed by atoms with Crippen molar-refractivity contribution in [1.82, 2.24) is 25.1 Å². The number of amides is 1. The van der Waals surface area contributed by atoms with Crippen molar-refractivity contribution in [2.45, 2.75) is 31.0 Å². The number of hydrogen-bond donors (Lipinski definition) is 1. The Hall–Kier alpha value is -1.87. The molecule has 0 spiro atoms. The first-order chi connectivity index (χ1) is 12.8. The summed E-state index contributed by atoms with van der Waals surface area (Å²) in [5, 5.41) is 9.21. The minimum Gasteiger partial charge on any atom is -0.378 e. The van der Waals surface area contributed by atoms with Crippen LogP contribution in [0.1, 0.15) is 19.3 Å². The molecule has 26 heavy (non-hydrogen) atoms. The molecule has 1 aliphatic carbocycles. The van der Waals surface area contributed by atoms with Crippen LogP contribution in [0.15, 0.2) is 11.4 Å². The summed E-state index contributed by atoms with van der Waals surface area (Å²) in [5.41, 5.74) is 0.823. The lowest BCUT2D eigenvalue weighted by molar-refractivity contribution is -0.127. The van der Waals surface area contributed by atoms with Crippen molar-refractivity contribution in [3.05, 3.63) is 6.20 Å². The largest absolute Gasteiger partial charge is 0.378 e. The van der Waals surface area contributed by atoms with E-state index < -0.39 is 0 Å². The van der Waals surface area contributed by atoms with Crippen LogP contribution in [0.2, 0.25) is 0 Å². The van der Waals surface area contributed by atoms with Crippen LogP contribution in [0.5, 0.6) is 0 Å². The monoisotopic (exact) mass is 376 g/mol. The van der Waals surface area contributed by atoms with Crippen LogP contribution in [0.3, 0.4) is 0 Å². The Morgan fingerprint density at radius 3 is 2.85 bits per heavy atom. The zero-order valence-corrected chi connectivity index (χ0v) is 15.8. The van der Waals surface area contributed by atoms with E-state index in [1.165, 1.54) is 18.2 Å². The zero-order chi connectivity index (χ0) is 17.9. The SMILES string of the molecule is CSc1nc(N2CCOCC2)c2cnn(CCNC(=O)C3CCC3)c2n1. The van der Waals surface area contributed by atoms with E-state index >= 15 is 0 Å². The van der Waals surface area contributed by atoms with Gasteiger partial charge in [-0.1, -0.05) is 18.2 Å². The second-order valence-electron chi connectivity index (χ2n) is 6.66. The van der Waals surface area contributed by atoms with Crippen LogP contribution in [0.25, 0.3) is 11.0 Å². The molecule has 0 aromatic carbocycles. The van der Waals surface area contributed by atoms with Crippen molar-refractivity contribution in [3.8, 4) is 0 Å². The molecule has 1 saturated carbocycles. The van der Waals surface area contributed by atoms with Crippen LogP contribution in [-0.4, -0.2) is 64.8 Å². The smallest absolute Gasteiger partial charge is 0.223 e. The third kappa shape index (κ3) is 3.50. The van der Waals surface area contributed by atoms with E-state index in [1.807, 2.05) is 17.1 Å². The van der Waals surface area contributed by atoms with Gasteiger partial charge in [0.2, 0.25) is 5.91 Å². The van der Waals surface area contributed by atoms with Gasteiger partial charge in [0.1, 0.15) is 5.82 Å². The Bertz CT molecular complexity index is 785. The Labute approximate surface area is 156 Å². The molecule has 2 aromatic heterocycles. The number of hydrogen-bond acceptors (Lipinski definition) is 7. The van der Waals surface area contributed by atoms with Crippen molar-refractivity contribution < 1.29 is 9.53 Å². The number of nitrogens with one attached hydrogen (secondary N) is 1. The predicted molar refractivity (Wildman–Crippen MR) is 100 cm³/mol. The first-order valence-electron chi connectivity index (χ1n) is 9.14. The summed E-state index contributed by atoms with van der Waals surface area (Å²) in [6, 6.07) is 0. The summed E-state index contributed by atoms with van der Waals surface area (Å²) < 4.78 is 7.32. The van der Waals surface area contributed by atoms with Gasteiger partial charge in [0.25, 0.3) is 0 Å². The third-order valence-corrected chi connectivity index (χ3v) is 5.60. The van der Waals surface area contributed by atoms with Gasteiger partial charge in [-0.3, -0.25) is 4.79 Å². The maximum Gasteiger partial charge on any atom is 0.223 e.